The molecule has 1 amide bonds. The highest BCUT2D eigenvalue weighted by atomic mass is 32.2. The van der Waals surface area contributed by atoms with Gasteiger partial charge in [0.1, 0.15) is 12.4 Å². The number of nitrogens with zero attached hydrogens (tertiary/aromatic N) is 4. The van der Waals surface area contributed by atoms with E-state index in [1.807, 2.05) is 11.8 Å². The third-order valence-electron chi connectivity index (χ3n) is 3.43. The first-order valence-electron chi connectivity index (χ1n) is 7.33. The Hall–Kier alpha value is -2.35. The first-order valence-corrected chi connectivity index (χ1v) is 8.48. The molecule has 1 N–H and O–H groups in total. The SMILES string of the molecule is O=C(Cn1nc(N2CCSCC2)ccc1=O)Nc1cccnc1. The van der Waals surface area contributed by atoms with Crippen molar-refractivity contribution in [2.75, 3.05) is 34.8 Å². The number of carbonyl (C=O) groups excluding carboxylic acids is 1. The fraction of sp³-hybridized carbons (Fsp3) is 0.333. The zero-order chi connectivity index (χ0) is 16.1. The zero-order valence-electron chi connectivity index (χ0n) is 12.5. The van der Waals surface area contributed by atoms with Crippen LogP contribution < -0.4 is 15.8 Å². The summed E-state index contributed by atoms with van der Waals surface area (Å²) in [6, 6.07) is 6.65. The largest absolute Gasteiger partial charge is 0.354 e. The van der Waals surface area contributed by atoms with Crippen LogP contribution in [0, 0.1) is 0 Å². The first-order chi connectivity index (χ1) is 11.2. The van der Waals surface area contributed by atoms with Crippen molar-refractivity contribution in [3.8, 4) is 0 Å². The van der Waals surface area contributed by atoms with Crippen molar-refractivity contribution in [1.29, 1.82) is 0 Å². The summed E-state index contributed by atoms with van der Waals surface area (Å²) >= 11 is 1.90. The van der Waals surface area contributed by atoms with Crippen LogP contribution in [0.25, 0.3) is 0 Å². The van der Waals surface area contributed by atoms with Crippen LogP contribution in [0.1, 0.15) is 0 Å². The number of nitrogens with one attached hydrogen (secondary N) is 1. The van der Waals surface area contributed by atoms with Crippen molar-refractivity contribution in [2.45, 2.75) is 6.54 Å². The van der Waals surface area contributed by atoms with E-state index in [4.69, 9.17) is 0 Å². The summed E-state index contributed by atoms with van der Waals surface area (Å²) in [6.07, 6.45) is 3.18. The Balaban J connectivity index is 1.71. The average Bonchev–Trinajstić information content (AvgIpc) is 2.58. The number of carbonyl (C=O) groups is 1. The van der Waals surface area contributed by atoms with Gasteiger partial charge in [-0.3, -0.25) is 14.6 Å². The zero-order valence-corrected chi connectivity index (χ0v) is 13.3. The van der Waals surface area contributed by atoms with Crippen LogP contribution >= 0.6 is 11.8 Å². The predicted molar refractivity (Wildman–Crippen MR) is 90.9 cm³/mol. The molecule has 1 aliphatic heterocycles. The number of hydrogen-bond donors (Lipinski definition) is 1. The van der Waals surface area contributed by atoms with Crippen LogP contribution in [0.3, 0.4) is 0 Å². The third-order valence-corrected chi connectivity index (χ3v) is 4.37. The minimum Gasteiger partial charge on any atom is -0.354 e. The van der Waals surface area contributed by atoms with Gasteiger partial charge in [-0.05, 0) is 18.2 Å². The van der Waals surface area contributed by atoms with Crippen LogP contribution in [0.5, 0.6) is 0 Å². The Morgan fingerprint density at radius 3 is 2.83 bits per heavy atom. The minimum absolute atomic E-state index is 0.121. The highest BCUT2D eigenvalue weighted by Gasteiger charge is 2.14. The van der Waals surface area contributed by atoms with Gasteiger partial charge in [-0.2, -0.15) is 16.9 Å². The van der Waals surface area contributed by atoms with Crippen LogP contribution in [-0.4, -0.2) is 45.3 Å². The Labute approximate surface area is 137 Å². The van der Waals surface area contributed by atoms with Crippen LogP contribution in [0.2, 0.25) is 0 Å². The lowest BCUT2D eigenvalue weighted by Gasteiger charge is -2.27. The fourth-order valence-corrected chi connectivity index (χ4v) is 3.19. The lowest BCUT2D eigenvalue weighted by molar-refractivity contribution is -0.117. The molecule has 0 saturated carbocycles. The van der Waals surface area contributed by atoms with E-state index in [-0.39, 0.29) is 18.0 Å². The summed E-state index contributed by atoms with van der Waals surface area (Å²) in [5.41, 5.74) is 0.302. The van der Waals surface area contributed by atoms with Crippen molar-refractivity contribution in [2.24, 2.45) is 0 Å². The Morgan fingerprint density at radius 2 is 2.09 bits per heavy atom. The van der Waals surface area contributed by atoms with Crippen molar-refractivity contribution in [1.82, 2.24) is 14.8 Å². The highest BCUT2D eigenvalue weighted by molar-refractivity contribution is 7.99. The molecule has 120 valence electrons. The minimum atomic E-state index is -0.307. The Morgan fingerprint density at radius 1 is 1.26 bits per heavy atom. The molecule has 23 heavy (non-hydrogen) atoms. The number of anilines is 2. The summed E-state index contributed by atoms with van der Waals surface area (Å²) in [5, 5.41) is 7.02. The van der Waals surface area contributed by atoms with E-state index in [1.165, 1.54) is 10.7 Å². The molecule has 1 aliphatic rings. The first kappa shape index (κ1) is 15.5. The van der Waals surface area contributed by atoms with Gasteiger partial charge in [0.25, 0.3) is 5.56 Å². The van der Waals surface area contributed by atoms with Gasteiger partial charge < -0.3 is 10.2 Å². The lowest BCUT2D eigenvalue weighted by Crippen LogP contribution is -2.36. The normalized spacial score (nSPS) is 14.5. The van der Waals surface area contributed by atoms with Crippen LogP contribution in [-0.2, 0) is 11.3 Å². The molecule has 0 aliphatic carbocycles. The summed E-state index contributed by atoms with van der Waals surface area (Å²) < 4.78 is 1.20. The molecule has 0 atom stereocenters. The molecule has 0 bridgehead atoms. The van der Waals surface area contributed by atoms with Gasteiger partial charge >= 0.3 is 0 Å². The second-order valence-electron chi connectivity index (χ2n) is 5.08. The second kappa shape index (κ2) is 7.28. The van der Waals surface area contributed by atoms with E-state index in [0.29, 0.717) is 5.69 Å². The molecule has 3 heterocycles. The fourth-order valence-electron chi connectivity index (χ4n) is 2.29. The Kier molecular flexibility index (Phi) is 4.92. The highest BCUT2D eigenvalue weighted by Crippen LogP contribution is 2.15. The second-order valence-corrected chi connectivity index (χ2v) is 6.30. The van der Waals surface area contributed by atoms with Gasteiger partial charge in [0.2, 0.25) is 5.91 Å². The molecule has 8 heteroatoms. The van der Waals surface area contributed by atoms with Crippen LogP contribution in [0.15, 0.2) is 41.5 Å². The molecule has 0 spiro atoms. The number of aromatic nitrogens is 3. The van der Waals surface area contributed by atoms with Gasteiger partial charge in [-0.15, -0.1) is 0 Å². The van der Waals surface area contributed by atoms with Gasteiger partial charge in [0.15, 0.2) is 0 Å². The Bertz CT molecular complexity index is 728. The summed E-state index contributed by atoms with van der Waals surface area (Å²) in [4.78, 5) is 30.1. The topological polar surface area (TPSA) is 80.1 Å². The van der Waals surface area contributed by atoms with Crippen molar-refractivity contribution < 1.29 is 4.79 Å². The smallest absolute Gasteiger partial charge is 0.267 e. The van der Waals surface area contributed by atoms with Crippen molar-refractivity contribution in [3.05, 3.63) is 47.0 Å². The number of pyridine rings is 1. The quantitative estimate of drug-likeness (QED) is 0.894. The lowest BCUT2D eigenvalue weighted by atomic mass is 10.4. The van der Waals surface area contributed by atoms with E-state index in [2.05, 4.69) is 20.3 Å². The molecule has 0 aromatic carbocycles. The molecular formula is C15H17N5O2S. The molecule has 1 fully saturated rings. The number of amides is 1. The molecule has 2 aromatic heterocycles. The van der Waals surface area contributed by atoms with E-state index < -0.39 is 0 Å². The van der Waals surface area contributed by atoms with Crippen LogP contribution in [0.4, 0.5) is 11.5 Å². The third kappa shape index (κ3) is 4.10. The monoisotopic (exact) mass is 331 g/mol. The maximum Gasteiger partial charge on any atom is 0.267 e. The van der Waals surface area contributed by atoms with E-state index >= 15 is 0 Å². The predicted octanol–water partition coefficient (Wildman–Crippen LogP) is 0.830. The maximum atomic E-state index is 12.1. The van der Waals surface area contributed by atoms with E-state index in [1.54, 1.807) is 30.6 Å². The van der Waals surface area contributed by atoms with Gasteiger partial charge in [-0.25, -0.2) is 4.68 Å². The van der Waals surface area contributed by atoms with Gasteiger partial charge in [0, 0.05) is 36.9 Å². The standard InChI is InChI=1S/C15H17N5O2S/c21-14(17-12-2-1-5-16-10-12)11-20-15(22)4-3-13(18-20)19-6-8-23-9-7-19/h1-5,10H,6-9,11H2,(H,17,21). The molecular weight excluding hydrogens is 314 g/mol. The molecule has 3 rings (SSSR count). The van der Waals surface area contributed by atoms with Crippen molar-refractivity contribution in [3.63, 3.8) is 0 Å². The molecule has 1 saturated heterocycles. The van der Waals surface area contributed by atoms with E-state index in [9.17, 15) is 9.59 Å². The maximum absolute atomic E-state index is 12.1. The number of hydrogen-bond acceptors (Lipinski definition) is 6. The molecule has 0 unspecified atom stereocenters. The molecule has 0 radical (unpaired) electrons. The van der Waals surface area contributed by atoms with Gasteiger partial charge in [-0.1, -0.05) is 0 Å². The molecule has 7 nitrogen and oxygen atoms in total. The summed E-state index contributed by atoms with van der Waals surface area (Å²) in [6.45, 7) is 1.68. The van der Waals surface area contributed by atoms with Gasteiger partial charge in [0.05, 0.1) is 11.9 Å². The van der Waals surface area contributed by atoms with Crippen molar-refractivity contribution >= 4 is 29.2 Å². The number of thioether (sulfide) groups is 1. The van der Waals surface area contributed by atoms with E-state index in [0.717, 1.165) is 30.4 Å². The number of rotatable bonds is 4. The summed E-state index contributed by atoms with van der Waals surface area (Å²) in [5.74, 6) is 2.52. The summed E-state index contributed by atoms with van der Waals surface area (Å²) in [7, 11) is 0. The molecule has 2 aromatic rings. The average molecular weight is 331 g/mol.